The molecule has 1 aromatic heterocycles. The zero-order valence-corrected chi connectivity index (χ0v) is 24.3. The SMILES string of the molecule is O=C(O)c1ccc2nc(CN3CCC(Cc4cccc(COc5ccc(Cl)cc5Cl)c4)CC3)n(C[C@@H]3CCO3)c2c1. The molecule has 9 heteroatoms. The fourth-order valence-corrected chi connectivity index (χ4v) is 6.21. The van der Waals surface area contributed by atoms with Crippen molar-refractivity contribution < 1.29 is 19.4 Å². The van der Waals surface area contributed by atoms with Crippen molar-refractivity contribution in [3.63, 3.8) is 0 Å². The van der Waals surface area contributed by atoms with E-state index in [1.807, 2.05) is 6.07 Å². The third-order valence-electron chi connectivity index (χ3n) is 8.13. The van der Waals surface area contributed by atoms with Crippen LogP contribution in [0.4, 0.5) is 0 Å². The number of nitrogens with zero attached hydrogens (tertiary/aromatic N) is 3. The van der Waals surface area contributed by atoms with Gasteiger partial charge in [-0.1, -0.05) is 47.5 Å². The van der Waals surface area contributed by atoms with Crippen LogP contribution in [0.15, 0.2) is 60.7 Å². The van der Waals surface area contributed by atoms with E-state index >= 15 is 0 Å². The van der Waals surface area contributed by atoms with Gasteiger partial charge in [0.25, 0.3) is 0 Å². The largest absolute Gasteiger partial charge is 0.487 e. The molecule has 0 bridgehead atoms. The number of aromatic nitrogens is 2. The third kappa shape index (κ3) is 6.70. The molecule has 4 aromatic rings. The highest BCUT2D eigenvalue weighted by atomic mass is 35.5. The number of likely N-dealkylation sites (tertiary alicyclic amines) is 1. The van der Waals surface area contributed by atoms with Gasteiger partial charge in [-0.05, 0) is 92.2 Å². The first kappa shape index (κ1) is 28.0. The summed E-state index contributed by atoms with van der Waals surface area (Å²) < 4.78 is 13.8. The summed E-state index contributed by atoms with van der Waals surface area (Å²) in [7, 11) is 0. The standard InChI is InChI=1S/C32H33Cl2N3O4/c33-25-5-7-30(27(34)17-25)41-20-23-3-1-2-22(15-23)14-21-8-11-36(12-9-21)19-31-35-28-6-4-24(32(38)39)16-29(28)37(31)18-26-10-13-40-26/h1-7,15-17,21,26H,8-14,18-20H2,(H,38,39)/t26-/m0/s1. The summed E-state index contributed by atoms with van der Waals surface area (Å²) in [6.07, 6.45) is 4.46. The van der Waals surface area contributed by atoms with E-state index in [2.05, 4.69) is 33.7 Å². The molecule has 214 valence electrons. The Morgan fingerprint density at radius 1 is 1.02 bits per heavy atom. The first-order valence-corrected chi connectivity index (χ1v) is 14.9. The number of rotatable bonds is 10. The number of hydrogen-bond donors (Lipinski definition) is 1. The van der Waals surface area contributed by atoms with Crippen molar-refractivity contribution in [1.82, 2.24) is 14.5 Å². The van der Waals surface area contributed by atoms with Gasteiger partial charge in [0.15, 0.2) is 0 Å². The molecule has 0 radical (unpaired) electrons. The van der Waals surface area contributed by atoms with Crippen LogP contribution in [0.25, 0.3) is 11.0 Å². The fourth-order valence-electron chi connectivity index (χ4n) is 5.74. The van der Waals surface area contributed by atoms with Gasteiger partial charge >= 0.3 is 5.97 Å². The second-order valence-corrected chi connectivity index (χ2v) is 11.9. The second-order valence-electron chi connectivity index (χ2n) is 11.0. The average molecular weight is 595 g/mol. The molecule has 0 unspecified atom stereocenters. The molecule has 0 aliphatic carbocycles. The van der Waals surface area contributed by atoms with E-state index in [1.165, 1.54) is 5.56 Å². The molecule has 7 nitrogen and oxygen atoms in total. The van der Waals surface area contributed by atoms with Crippen molar-refractivity contribution in [2.45, 2.75) is 51.5 Å². The zero-order chi connectivity index (χ0) is 28.3. The van der Waals surface area contributed by atoms with Gasteiger partial charge in [-0.15, -0.1) is 0 Å². The van der Waals surface area contributed by atoms with E-state index in [4.69, 9.17) is 37.7 Å². The lowest BCUT2D eigenvalue weighted by atomic mass is 9.89. The van der Waals surface area contributed by atoms with Crippen LogP contribution >= 0.6 is 23.2 Å². The van der Waals surface area contributed by atoms with E-state index < -0.39 is 5.97 Å². The molecule has 41 heavy (non-hydrogen) atoms. The van der Waals surface area contributed by atoms with E-state index in [9.17, 15) is 9.90 Å². The molecule has 2 aliphatic heterocycles. The number of ether oxygens (including phenoxy) is 2. The molecule has 1 N–H and O–H groups in total. The Bertz CT molecular complexity index is 1540. The number of benzene rings is 3. The summed E-state index contributed by atoms with van der Waals surface area (Å²) in [5, 5.41) is 10.6. The maximum absolute atomic E-state index is 11.6. The molecular formula is C32H33Cl2N3O4. The van der Waals surface area contributed by atoms with E-state index in [1.54, 1.807) is 30.3 Å². The summed E-state index contributed by atoms with van der Waals surface area (Å²) in [4.78, 5) is 19.0. The monoisotopic (exact) mass is 593 g/mol. The molecule has 0 spiro atoms. The highest BCUT2D eigenvalue weighted by Crippen LogP contribution is 2.29. The molecule has 2 fully saturated rings. The number of carbonyl (C=O) groups is 1. The quantitative estimate of drug-likeness (QED) is 0.216. The number of halogens is 2. The summed E-state index contributed by atoms with van der Waals surface area (Å²) in [6.45, 7) is 4.70. The maximum Gasteiger partial charge on any atom is 0.335 e. The van der Waals surface area contributed by atoms with Crippen LogP contribution in [-0.4, -0.2) is 51.3 Å². The average Bonchev–Trinajstić information content (AvgIpc) is 3.27. The van der Waals surface area contributed by atoms with Crippen molar-refractivity contribution in [3.05, 3.63) is 93.2 Å². The number of carboxylic acid groups (broad SMARTS) is 1. The minimum Gasteiger partial charge on any atom is -0.487 e. The molecule has 2 saturated heterocycles. The van der Waals surface area contributed by atoms with Crippen molar-refractivity contribution in [2.24, 2.45) is 5.92 Å². The number of carboxylic acids is 1. The lowest BCUT2D eigenvalue weighted by Gasteiger charge is -2.32. The van der Waals surface area contributed by atoms with Gasteiger partial charge in [0.2, 0.25) is 0 Å². The second kappa shape index (κ2) is 12.4. The number of hydrogen-bond acceptors (Lipinski definition) is 5. The molecule has 2 aliphatic rings. The van der Waals surface area contributed by atoms with Gasteiger partial charge in [-0.2, -0.15) is 0 Å². The van der Waals surface area contributed by atoms with E-state index in [0.29, 0.717) is 34.9 Å². The molecule has 0 saturated carbocycles. The van der Waals surface area contributed by atoms with Crippen LogP contribution in [0.3, 0.4) is 0 Å². The summed E-state index contributed by atoms with van der Waals surface area (Å²) >= 11 is 12.2. The van der Waals surface area contributed by atoms with Gasteiger partial charge in [0, 0.05) is 11.6 Å². The lowest BCUT2D eigenvalue weighted by molar-refractivity contribution is -0.0592. The first-order chi connectivity index (χ1) is 19.9. The van der Waals surface area contributed by atoms with E-state index in [-0.39, 0.29) is 11.7 Å². The minimum atomic E-state index is -0.924. The molecule has 1 atom stereocenters. The highest BCUT2D eigenvalue weighted by molar-refractivity contribution is 6.35. The first-order valence-electron chi connectivity index (χ1n) is 14.1. The summed E-state index contributed by atoms with van der Waals surface area (Å²) in [5.74, 6) is 1.30. The van der Waals surface area contributed by atoms with Gasteiger partial charge in [0.05, 0.1) is 40.8 Å². The van der Waals surface area contributed by atoms with Crippen LogP contribution in [0.2, 0.25) is 10.0 Å². The van der Waals surface area contributed by atoms with Crippen molar-refractivity contribution >= 4 is 40.2 Å². The number of piperidine rings is 1. The van der Waals surface area contributed by atoms with Gasteiger partial charge in [-0.25, -0.2) is 9.78 Å². The van der Waals surface area contributed by atoms with Crippen molar-refractivity contribution in [2.75, 3.05) is 19.7 Å². The Labute approximate surface area is 249 Å². The Morgan fingerprint density at radius 3 is 2.56 bits per heavy atom. The van der Waals surface area contributed by atoms with Crippen molar-refractivity contribution in [1.29, 1.82) is 0 Å². The van der Waals surface area contributed by atoms with E-state index in [0.717, 1.165) is 74.3 Å². The van der Waals surface area contributed by atoms with Gasteiger partial charge < -0.3 is 19.1 Å². The van der Waals surface area contributed by atoms with Crippen LogP contribution in [0.1, 0.15) is 46.6 Å². The smallest absolute Gasteiger partial charge is 0.335 e. The number of fused-ring (bicyclic) bond motifs is 1. The number of imidazole rings is 1. The summed E-state index contributed by atoms with van der Waals surface area (Å²) in [6, 6.07) is 19.0. The van der Waals surface area contributed by atoms with Gasteiger partial charge in [0.1, 0.15) is 18.2 Å². The Morgan fingerprint density at radius 2 is 1.83 bits per heavy atom. The Balaban J connectivity index is 1.06. The van der Waals surface area contributed by atoms with Crippen molar-refractivity contribution in [3.8, 4) is 5.75 Å². The van der Waals surface area contributed by atoms with Gasteiger partial charge in [-0.3, -0.25) is 4.90 Å². The topological polar surface area (TPSA) is 76.8 Å². The van der Waals surface area contributed by atoms with Crippen LogP contribution < -0.4 is 4.74 Å². The molecule has 3 heterocycles. The molecule has 6 rings (SSSR count). The predicted octanol–water partition coefficient (Wildman–Crippen LogP) is 6.86. The van der Waals surface area contributed by atoms with Crippen LogP contribution in [-0.2, 0) is 30.9 Å². The molecule has 0 amide bonds. The molecular weight excluding hydrogens is 561 g/mol. The number of aromatic carboxylic acids is 1. The van der Waals surface area contributed by atoms with Crippen LogP contribution in [0.5, 0.6) is 5.75 Å². The fraction of sp³-hybridized carbons (Fsp3) is 0.375. The maximum atomic E-state index is 11.6. The summed E-state index contributed by atoms with van der Waals surface area (Å²) in [5.41, 5.74) is 4.42. The van der Waals surface area contributed by atoms with Crippen LogP contribution in [0, 0.1) is 5.92 Å². The highest BCUT2D eigenvalue weighted by Gasteiger charge is 2.25. The Kier molecular flexibility index (Phi) is 8.49. The molecule has 3 aromatic carbocycles. The minimum absolute atomic E-state index is 0.162. The third-order valence-corrected chi connectivity index (χ3v) is 8.66. The zero-order valence-electron chi connectivity index (χ0n) is 22.8. The predicted molar refractivity (Wildman–Crippen MR) is 160 cm³/mol. The lowest BCUT2D eigenvalue weighted by Crippen LogP contribution is -2.36. The normalized spacial score (nSPS) is 18.0. The Hall–Kier alpha value is -3.10.